The van der Waals surface area contributed by atoms with Gasteiger partial charge in [-0.05, 0) is 51.7 Å². The molecule has 2 fully saturated rings. The molecule has 0 aliphatic carbocycles. The predicted molar refractivity (Wildman–Crippen MR) is 67.1 cm³/mol. The minimum atomic E-state index is -0.688. The number of aliphatic carboxylic acids is 1. The van der Waals surface area contributed by atoms with Crippen LogP contribution in [0.15, 0.2) is 0 Å². The predicted octanol–water partition coefficient (Wildman–Crippen LogP) is 1.41. The van der Waals surface area contributed by atoms with Gasteiger partial charge in [0.1, 0.15) is 0 Å². The minimum Gasteiger partial charge on any atom is -0.480 e. The Balaban J connectivity index is 1.91. The summed E-state index contributed by atoms with van der Waals surface area (Å²) in [6, 6.07) is 1.22. The van der Waals surface area contributed by atoms with Crippen molar-refractivity contribution in [3.05, 3.63) is 0 Å². The molecule has 2 unspecified atom stereocenters. The number of rotatable bonds is 5. The zero-order valence-corrected chi connectivity index (χ0v) is 10.8. The van der Waals surface area contributed by atoms with E-state index in [1.807, 2.05) is 0 Å². The number of piperidine rings is 1. The lowest BCUT2D eigenvalue weighted by Gasteiger charge is -2.40. The lowest BCUT2D eigenvalue weighted by Crippen LogP contribution is -2.49. The second-order valence-corrected chi connectivity index (χ2v) is 5.37. The first kappa shape index (κ1) is 12.8. The van der Waals surface area contributed by atoms with E-state index in [1.54, 1.807) is 0 Å². The van der Waals surface area contributed by atoms with Crippen LogP contribution < -0.4 is 0 Å². The van der Waals surface area contributed by atoms with Gasteiger partial charge in [0.2, 0.25) is 0 Å². The van der Waals surface area contributed by atoms with Gasteiger partial charge in [-0.15, -0.1) is 0 Å². The lowest BCUT2D eigenvalue weighted by molar-refractivity contribution is -0.139. The van der Waals surface area contributed by atoms with Gasteiger partial charge in [-0.25, -0.2) is 0 Å². The van der Waals surface area contributed by atoms with Crippen molar-refractivity contribution in [2.24, 2.45) is 0 Å². The van der Waals surface area contributed by atoms with E-state index in [4.69, 9.17) is 5.11 Å². The third-order valence-corrected chi connectivity index (χ3v) is 4.16. The van der Waals surface area contributed by atoms with Crippen LogP contribution >= 0.6 is 0 Å². The van der Waals surface area contributed by atoms with Gasteiger partial charge in [-0.2, -0.15) is 0 Å². The van der Waals surface area contributed by atoms with Gasteiger partial charge in [0.25, 0.3) is 0 Å². The van der Waals surface area contributed by atoms with E-state index in [0.29, 0.717) is 6.04 Å². The van der Waals surface area contributed by atoms with Crippen molar-refractivity contribution >= 4 is 5.97 Å². The van der Waals surface area contributed by atoms with Crippen LogP contribution in [0, 0.1) is 0 Å². The molecule has 0 aromatic carbocycles. The topological polar surface area (TPSA) is 43.8 Å². The SMILES string of the molecule is CCCN(CC(=O)O)C1CCN2CCCC2C1. The molecule has 4 nitrogen and oxygen atoms in total. The van der Waals surface area contributed by atoms with Gasteiger partial charge in [0.05, 0.1) is 6.54 Å². The number of nitrogens with zero attached hydrogens (tertiary/aromatic N) is 2. The molecule has 2 rings (SSSR count). The van der Waals surface area contributed by atoms with E-state index >= 15 is 0 Å². The molecular formula is C13H24N2O2. The maximum Gasteiger partial charge on any atom is 0.317 e. The number of hydrogen-bond acceptors (Lipinski definition) is 3. The molecule has 1 N–H and O–H groups in total. The number of carboxylic acid groups (broad SMARTS) is 1. The van der Waals surface area contributed by atoms with Gasteiger partial charge < -0.3 is 10.0 Å². The van der Waals surface area contributed by atoms with Gasteiger partial charge in [0, 0.05) is 12.1 Å². The number of hydrogen-bond donors (Lipinski definition) is 1. The first-order valence-corrected chi connectivity index (χ1v) is 6.90. The standard InChI is InChI=1S/C13H24N2O2/c1-2-6-15(10-13(16)17)12-5-8-14-7-3-4-11(14)9-12/h11-12H,2-10H2,1H3,(H,16,17). The largest absolute Gasteiger partial charge is 0.480 e. The van der Waals surface area contributed by atoms with E-state index in [0.717, 1.165) is 32.0 Å². The molecule has 0 saturated carbocycles. The fraction of sp³-hybridized carbons (Fsp3) is 0.923. The fourth-order valence-corrected chi connectivity index (χ4v) is 3.39. The molecule has 2 aliphatic heterocycles. The Bertz CT molecular complexity index is 270. The quantitative estimate of drug-likeness (QED) is 0.789. The lowest BCUT2D eigenvalue weighted by atomic mass is 9.96. The zero-order valence-electron chi connectivity index (χ0n) is 10.8. The Morgan fingerprint density at radius 3 is 2.94 bits per heavy atom. The second kappa shape index (κ2) is 5.83. The molecule has 0 aromatic heterocycles. The summed E-state index contributed by atoms with van der Waals surface area (Å²) >= 11 is 0. The van der Waals surface area contributed by atoms with E-state index in [2.05, 4.69) is 16.7 Å². The third kappa shape index (κ3) is 3.19. The van der Waals surface area contributed by atoms with Crippen LogP contribution in [0.4, 0.5) is 0 Å². The van der Waals surface area contributed by atoms with Gasteiger partial charge in [0.15, 0.2) is 0 Å². The molecule has 0 radical (unpaired) electrons. The second-order valence-electron chi connectivity index (χ2n) is 5.37. The molecule has 0 bridgehead atoms. The van der Waals surface area contributed by atoms with E-state index < -0.39 is 5.97 Å². The molecule has 0 aromatic rings. The van der Waals surface area contributed by atoms with Crippen LogP contribution in [0.25, 0.3) is 0 Å². The Kier molecular flexibility index (Phi) is 4.40. The normalized spacial score (nSPS) is 29.5. The average molecular weight is 240 g/mol. The van der Waals surface area contributed by atoms with Crippen molar-refractivity contribution < 1.29 is 9.90 Å². The summed E-state index contributed by atoms with van der Waals surface area (Å²) in [5, 5.41) is 8.98. The average Bonchev–Trinajstić information content (AvgIpc) is 2.74. The molecule has 98 valence electrons. The highest BCUT2D eigenvalue weighted by atomic mass is 16.4. The highest BCUT2D eigenvalue weighted by Gasteiger charge is 2.34. The third-order valence-electron chi connectivity index (χ3n) is 4.16. The molecule has 2 aliphatic rings. The van der Waals surface area contributed by atoms with E-state index in [-0.39, 0.29) is 6.54 Å². The van der Waals surface area contributed by atoms with Crippen LogP contribution in [-0.2, 0) is 4.79 Å². The fourth-order valence-electron chi connectivity index (χ4n) is 3.39. The summed E-state index contributed by atoms with van der Waals surface area (Å²) in [5.41, 5.74) is 0. The summed E-state index contributed by atoms with van der Waals surface area (Å²) in [4.78, 5) is 15.7. The van der Waals surface area contributed by atoms with E-state index in [1.165, 1.54) is 25.8 Å². The van der Waals surface area contributed by atoms with Crippen LogP contribution in [0.3, 0.4) is 0 Å². The smallest absolute Gasteiger partial charge is 0.317 e. The van der Waals surface area contributed by atoms with Crippen molar-refractivity contribution in [2.75, 3.05) is 26.2 Å². The zero-order chi connectivity index (χ0) is 12.3. The molecule has 0 spiro atoms. The molecule has 17 heavy (non-hydrogen) atoms. The Morgan fingerprint density at radius 2 is 2.24 bits per heavy atom. The molecular weight excluding hydrogens is 216 g/mol. The van der Waals surface area contributed by atoms with Crippen LogP contribution in [-0.4, -0.2) is 59.1 Å². The van der Waals surface area contributed by atoms with Crippen molar-refractivity contribution in [3.63, 3.8) is 0 Å². The van der Waals surface area contributed by atoms with Gasteiger partial charge >= 0.3 is 5.97 Å². The molecule has 2 saturated heterocycles. The molecule has 4 heteroatoms. The number of carbonyl (C=O) groups is 1. The molecule has 2 atom stereocenters. The summed E-state index contributed by atoms with van der Waals surface area (Å²) in [6.07, 6.45) is 5.99. The summed E-state index contributed by atoms with van der Waals surface area (Å²) < 4.78 is 0. The van der Waals surface area contributed by atoms with Crippen molar-refractivity contribution in [3.8, 4) is 0 Å². The number of fused-ring (bicyclic) bond motifs is 1. The number of carboxylic acids is 1. The van der Waals surface area contributed by atoms with Crippen molar-refractivity contribution in [2.45, 2.75) is 51.1 Å². The Hall–Kier alpha value is -0.610. The highest BCUT2D eigenvalue weighted by Crippen LogP contribution is 2.29. The van der Waals surface area contributed by atoms with Crippen LogP contribution in [0.1, 0.15) is 39.0 Å². The maximum atomic E-state index is 10.9. The monoisotopic (exact) mass is 240 g/mol. The highest BCUT2D eigenvalue weighted by molar-refractivity contribution is 5.69. The Labute approximate surface area is 104 Å². The van der Waals surface area contributed by atoms with Gasteiger partial charge in [-0.1, -0.05) is 6.92 Å². The maximum absolute atomic E-state index is 10.9. The summed E-state index contributed by atoms with van der Waals surface area (Å²) in [5.74, 6) is -0.688. The Morgan fingerprint density at radius 1 is 1.41 bits per heavy atom. The first-order valence-electron chi connectivity index (χ1n) is 6.90. The summed E-state index contributed by atoms with van der Waals surface area (Å²) in [6.45, 7) is 5.67. The first-order chi connectivity index (χ1) is 8.20. The van der Waals surface area contributed by atoms with Crippen molar-refractivity contribution in [1.82, 2.24) is 9.80 Å². The van der Waals surface area contributed by atoms with Crippen LogP contribution in [0.2, 0.25) is 0 Å². The van der Waals surface area contributed by atoms with Gasteiger partial charge in [-0.3, -0.25) is 9.69 Å². The van der Waals surface area contributed by atoms with Crippen molar-refractivity contribution in [1.29, 1.82) is 0 Å². The minimum absolute atomic E-state index is 0.214. The van der Waals surface area contributed by atoms with E-state index in [9.17, 15) is 4.79 Å². The molecule has 0 amide bonds. The summed E-state index contributed by atoms with van der Waals surface area (Å²) in [7, 11) is 0. The van der Waals surface area contributed by atoms with Crippen LogP contribution in [0.5, 0.6) is 0 Å². The molecule has 2 heterocycles.